The summed E-state index contributed by atoms with van der Waals surface area (Å²) in [6.45, 7) is 4.20. The van der Waals surface area contributed by atoms with Crippen molar-refractivity contribution in [1.82, 2.24) is 0 Å². The Bertz CT molecular complexity index is 1260. The maximum absolute atomic E-state index is 12.8. The molecule has 0 bridgehead atoms. The number of phosphoric acid groups is 1. The molecule has 0 heterocycles. The Morgan fingerprint density at radius 3 is 1.23 bits per heavy atom. The zero-order valence-electron chi connectivity index (χ0n) is 43.6. The Labute approximate surface area is 407 Å². The minimum Gasteiger partial charge on any atom is -0.756 e. The molecule has 0 N–H and O–H groups in total. The highest BCUT2D eigenvalue weighted by molar-refractivity contribution is 7.45. The average Bonchev–Trinajstić information content (AvgIpc) is 3.27. The van der Waals surface area contributed by atoms with Crippen molar-refractivity contribution in [3.63, 3.8) is 0 Å². The van der Waals surface area contributed by atoms with Crippen molar-refractivity contribution in [3.8, 4) is 0 Å². The van der Waals surface area contributed by atoms with Gasteiger partial charge in [-0.25, -0.2) is 0 Å². The number of carbonyl (C=O) groups is 2. The first kappa shape index (κ1) is 64.0. The molecular formula is C56H104NO8P. The SMILES string of the molecule is CCCCC/C=C\C/C=C\CCCCCCCC(=O)OCC(COP(=O)([O-])OCC[N+](C)(C)C)OC(=O)CCCCCCCCCCCCCCCCC/C=C\C/C=C\CCCCCCC. The molecule has 386 valence electrons. The molecule has 66 heavy (non-hydrogen) atoms. The number of esters is 2. The normalized spacial score (nSPS) is 13.7. The zero-order chi connectivity index (χ0) is 48.5. The highest BCUT2D eigenvalue weighted by Crippen LogP contribution is 2.38. The largest absolute Gasteiger partial charge is 0.756 e. The molecule has 0 saturated carbocycles. The summed E-state index contributed by atoms with van der Waals surface area (Å²) in [6, 6.07) is 0. The van der Waals surface area contributed by atoms with Gasteiger partial charge in [-0.2, -0.15) is 0 Å². The standard InChI is InChI=1S/C56H104NO8P/c1-6-8-10-12-14-16-18-20-22-23-24-25-26-27-28-29-30-31-32-33-35-37-39-41-43-45-47-49-56(59)65-54(53-64-66(60,61)63-51-50-57(3,4)5)52-62-55(58)48-46-44-42-40-38-36-34-21-19-17-15-13-11-9-7-2/h15,17-18,20-21,23-24,34,54H,6-14,16,19,22,25-33,35-53H2,1-5H3/b17-15-,20-18-,24-23-,34-21-. The van der Waals surface area contributed by atoms with Crippen molar-refractivity contribution in [2.24, 2.45) is 0 Å². The lowest BCUT2D eigenvalue weighted by Gasteiger charge is -2.28. The van der Waals surface area contributed by atoms with Crippen LogP contribution in [-0.4, -0.2) is 70.0 Å². The molecular weight excluding hydrogens is 846 g/mol. The highest BCUT2D eigenvalue weighted by atomic mass is 31.2. The maximum Gasteiger partial charge on any atom is 0.306 e. The van der Waals surface area contributed by atoms with E-state index in [4.69, 9.17) is 18.5 Å². The van der Waals surface area contributed by atoms with Gasteiger partial charge in [0.05, 0.1) is 27.7 Å². The highest BCUT2D eigenvalue weighted by Gasteiger charge is 2.21. The second-order valence-electron chi connectivity index (χ2n) is 19.6. The number of rotatable bonds is 50. The van der Waals surface area contributed by atoms with Crippen molar-refractivity contribution >= 4 is 19.8 Å². The lowest BCUT2D eigenvalue weighted by Crippen LogP contribution is -2.37. The fraction of sp³-hybridized carbons (Fsp3) is 0.821. The number of nitrogens with zero attached hydrogens (tertiary/aromatic N) is 1. The number of hydrogen-bond donors (Lipinski definition) is 0. The lowest BCUT2D eigenvalue weighted by molar-refractivity contribution is -0.870. The molecule has 9 nitrogen and oxygen atoms in total. The van der Waals surface area contributed by atoms with Gasteiger partial charge in [0.2, 0.25) is 0 Å². The van der Waals surface area contributed by atoms with Crippen LogP contribution < -0.4 is 4.89 Å². The number of quaternary nitrogens is 1. The summed E-state index contributed by atoms with van der Waals surface area (Å²) in [5.74, 6) is -0.844. The van der Waals surface area contributed by atoms with Crippen molar-refractivity contribution in [1.29, 1.82) is 0 Å². The van der Waals surface area contributed by atoms with E-state index in [1.54, 1.807) is 0 Å². The summed E-state index contributed by atoms with van der Waals surface area (Å²) in [5.41, 5.74) is 0. The molecule has 0 aromatic carbocycles. The van der Waals surface area contributed by atoms with Crippen LogP contribution in [0.15, 0.2) is 48.6 Å². The number of likely N-dealkylation sites (N-methyl/N-ethyl adjacent to an activating group) is 1. The summed E-state index contributed by atoms with van der Waals surface area (Å²) >= 11 is 0. The third-order valence-corrected chi connectivity index (χ3v) is 12.8. The minimum absolute atomic E-state index is 0.0334. The number of carbonyl (C=O) groups excluding carboxylic acids is 2. The molecule has 0 radical (unpaired) electrons. The fourth-order valence-corrected chi connectivity index (χ4v) is 8.27. The third-order valence-electron chi connectivity index (χ3n) is 11.8. The van der Waals surface area contributed by atoms with Crippen molar-refractivity contribution < 1.29 is 42.1 Å². The van der Waals surface area contributed by atoms with E-state index in [1.807, 2.05) is 21.1 Å². The van der Waals surface area contributed by atoms with Crippen LogP contribution in [0, 0.1) is 0 Å². The quantitative estimate of drug-likeness (QED) is 0.0195. The van der Waals surface area contributed by atoms with Crippen molar-refractivity contribution in [3.05, 3.63) is 48.6 Å². The van der Waals surface area contributed by atoms with Gasteiger partial charge in [-0.15, -0.1) is 0 Å². The van der Waals surface area contributed by atoms with E-state index in [0.29, 0.717) is 23.9 Å². The molecule has 0 rings (SSSR count). The van der Waals surface area contributed by atoms with E-state index in [-0.39, 0.29) is 26.1 Å². The molecule has 0 aromatic heterocycles. The van der Waals surface area contributed by atoms with Gasteiger partial charge in [-0.1, -0.05) is 204 Å². The van der Waals surface area contributed by atoms with E-state index in [0.717, 1.165) is 64.2 Å². The number of hydrogen-bond acceptors (Lipinski definition) is 8. The van der Waals surface area contributed by atoms with Crippen LogP contribution in [0.25, 0.3) is 0 Å². The molecule has 2 unspecified atom stereocenters. The maximum atomic E-state index is 12.8. The van der Waals surface area contributed by atoms with Gasteiger partial charge < -0.3 is 27.9 Å². The molecule has 0 saturated heterocycles. The summed E-state index contributed by atoms with van der Waals surface area (Å²) in [6.07, 6.45) is 58.6. The first-order chi connectivity index (χ1) is 32.0. The van der Waals surface area contributed by atoms with Crippen molar-refractivity contribution in [2.45, 2.75) is 251 Å². The molecule has 0 aliphatic heterocycles. The molecule has 0 amide bonds. The molecule has 10 heteroatoms. The predicted molar refractivity (Wildman–Crippen MR) is 277 cm³/mol. The molecule has 0 aliphatic carbocycles. The second-order valence-corrected chi connectivity index (χ2v) is 21.0. The molecule has 2 atom stereocenters. The van der Waals surface area contributed by atoms with Gasteiger partial charge in [-0.05, 0) is 77.0 Å². The van der Waals surface area contributed by atoms with Crippen LogP contribution in [0.4, 0.5) is 0 Å². The van der Waals surface area contributed by atoms with E-state index < -0.39 is 32.5 Å². The first-order valence-corrected chi connectivity index (χ1v) is 28.8. The van der Waals surface area contributed by atoms with Crippen LogP contribution in [0.5, 0.6) is 0 Å². The number of phosphoric ester groups is 1. The van der Waals surface area contributed by atoms with Crippen LogP contribution >= 0.6 is 7.82 Å². The number of allylic oxidation sites excluding steroid dienone is 8. The predicted octanol–water partition coefficient (Wildman–Crippen LogP) is 16.0. The average molecular weight is 950 g/mol. The van der Waals surface area contributed by atoms with E-state index in [2.05, 4.69) is 62.5 Å². The van der Waals surface area contributed by atoms with Crippen LogP contribution in [-0.2, 0) is 32.7 Å². The van der Waals surface area contributed by atoms with Gasteiger partial charge in [0.25, 0.3) is 7.82 Å². The number of unbranched alkanes of at least 4 members (excludes halogenated alkanes) is 28. The van der Waals surface area contributed by atoms with Crippen LogP contribution in [0.3, 0.4) is 0 Å². The molecule has 0 aromatic rings. The summed E-state index contributed by atoms with van der Waals surface area (Å²) in [4.78, 5) is 37.7. The summed E-state index contributed by atoms with van der Waals surface area (Å²) in [5, 5.41) is 0. The Morgan fingerprint density at radius 1 is 0.470 bits per heavy atom. The van der Waals surface area contributed by atoms with E-state index >= 15 is 0 Å². The van der Waals surface area contributed by atoms with Crippen LogP contribution in [0.2, 0.25) is 0 Å². The molecule has 0 spiro atoms. The Morgan fingerprint density at radius 2 is 0.818 bits per heavy atom. The molecule has 0 fully saturated rings. The summed E-state index contributed by atoms with van der Waals surface area (Å²) in [7, 11) is 1.16. The Kier molecular flexibility index (Phi) is 46.5. The topological polar surface area (TPSA) is 111 Å². The number of ether oxygens (including phenoxy) is 2. The van der Waals surface area contributed by atoms with E-state index in [1.165, 1.54) is 141 Å². The summed E-state index contributed by atoms with van der Waals surface area (Å²) < 4.78 is 34.1. The van der Waals surface area contributed by atoms with Gasteiger partial charge in [0.15, 0.2) is 6.10 Å². The monoisotopic (exact) mass is 950 g/mol. The fourth-order valence-electron chi connectivity index (χ4n) is 7.54. The van der Waals surface area contributed by atoms with Gasteiger partial charge in [0.1, 0.15) is 19.8 Å². The third kappa shape index (κ3) is 51.4. The Balaban J connectivity index is 4.15. The second kappa shape index (κ2) is 48.0. The smallest absolute Gasteiger partial charge is 0.306 e. The first-order valence-electron chi connectivity index (χ1n) is 27.3. The van der Waals surface area contributed by atoms with Crippen LogP contribution in [0.1, 0.15) is 245 Å². The zero-order valence-corrected chi connectivity index (χ0v) is 44.5. The Hall–Kier alpha value is -2.03. The van der Waals surface area contributed by atoms with Crippen molar-refractivity contribution in [2.75, 3.05) is 47.5 Å². The molecule has 0 aliphatic rings. The van der Waals surface area contributed by atoms with Gasteiger partial charge >= 0.3 is 11.9 Å². The van der Waals surface area contributed by atoms with Gasteiger partial charge in [0, 0.05) is 12.8 Å². The van der Waals surface area contributed by atoms with Gasteiger partial charge in [-0.3, -0.25) is 14.2 Å². The minimum atomic E-state index is -4.63. The van der Waals surface area contributed by atoms with E-state index in [9.17, 15) is 19.0 Å². The lowest BCUT2D eigenvalue weighted by atomic mass is 10.0.